The van der Waals surface area contributed by atoms with Gasteiger partial charge in [0.25, 0.3) is 5.91 Å². The fourth-order valence-electron chi connectivity index (χ4n) is 4.65. The van der Waals surface area contributed by atoms with Gasteiger partial charge in [-0.3, -0.25) is 10.1 Å². The fourth-order valence-corrected chi connectivity index (χ4v) is 6.31. The monoisotopic (exact) mass is 611 g/mol. The average molecular weight is 612 g/mol. The minimum absolute atomic E-state index is 0.135. The van der Waals surface area contributed by atoms with Crippen LogP contribution in [0, 0.1) is 6.92 Å². The number of carbonyl (C=O) groups is 3. The number of aryl methyl sites for hydroxylation is 1. The van der Waals surface area contributed by atoms with Crippen LogP contribution < -0.4 is 10.1 Å². The number of nitrogens with one attached hydrogen (secondary N) is 1. The van der Waals surface area contributed by atoms with E-state index in [4.69, 9.17) is 14.2 Å². The number of carboxylic acids is 2. The summed E-state index contributed by atoms with van der Waals surface area (Å²) in [6.45, 7) is 2.55. The van der Waals surface area contributed by atoms with Crippen LogP contribution in [-0.2, 0) is 24.1 Å². The Bertz CT molecular complexity index is 1650. The van der Waals surface area contributed by atoms with Gasteiger partial charge in [0.05, 0.1) is 21.8 Å². The molecule has 1 amide bonds. The van der Waals surface area contributed by atoms with Crippen molar-refractivity contribution in [1.82, 2.24) is 9.97 Å². The van der Waals surface area contributed by atoms with Crippen LogP contribution >= 0.6 is 0 Å². The topological polar surface area (TPSA) is 191 Å². The maximum atomic E-state index is 13.6. The van der Waals surface area contributed by atoms with Gasteiger partial charge in [0.2, 0.25) is 11.8 Å². The molecule has 0 radical (unpaired) electrons. The first kappa shape index (κ1) is 30.1. The molecule has 0 spiro atoms. The summed E-state index contributed by atoms with van der Waals surface area (Å²) in [4.78, 5) is 45.5. The van der Waals surface area contributed by atoms with E-state index in [0.717, 1.165) is 6.07 Å². The highest BCUT2D eigenvalue weighted by Gasteiger charge is 2.37. The number of carboxylic acid groups (broad SMARTS) is 2. The number of hydrogen-bond donors (Lipinski definition) is 3. The lowest BCUT2D eigenvalue weighted by Crippen LogP contribution is -2.31. The zero-order chi connectivity index (χ0) is 30.7. The van der Waals surface area contributed by atoms with Crippen LogP contribution in [0.1, 0.15) is 63.8 Å². The highest BCUT2D eigenvalue weighted by molar-refractivity contribution is 7.92. The molecule has 1 unspecified atom stereocenters. The molecule has 3 aromatic rings. The van der Waals surface area contributed by atoms with Gasteiger partial charge in [-0.25, -0.2) is 23.0 Å². The van der Waals surface area contributed by atoms with E-state index in [9.17, 15) is 33.0 Å². The van der Waals surface area contributed by atoms with Gasteiger partial charge in [-0.05, 0) is 62.4 Å². The normalized spacial score (nSPS) is 16.3. The second kappa shape index (κ2) is 12.5. The molecule has 1 aliphatic carbocycles. The largest absolute Gasteiger partial charge is 0.478 e. The SMILES string of the molecule is Cc1cc(Oc2cccc(C(=O)O)c2C(=O)O)nc(NC(=O)C(OC2CCOCC2)c2ccc(S(=O)(=O)C3CC3)cc2)n1. The van der Waals surface area contributed by atoms with Crippen molar-refractivity contribution in [3.05, 3.63) is 70.9 Å². The van der Waals surface area contributed by atoms with Crippen molar-refractivity contribution in [2.24, 2.45) is 0 Å². The third-order valence-electron chi connectivity index (χ3n) is 6.96. The predicted octanol–water partition coefficient (Wildman–Crippen LogP) is 3.79. The standard InChI is InChI=1S/C29H29N3O10S/c1-16-15-23(42-22-4-2-3-21(27(34)35)24(22)28(36)37)31-29(30-16)32-26(33)25(41-18-11-13-40-14-12-18)17-5-7-19(8-6-17)43(38,39)20-9-10-20/h2-8,15,18,20,25H,9-14H2,1H3,(H,34,35)(H,36,37)(H,30,31,32,33). The van der Waals surface area contributed by atoms with Crippen molar-refractivity contribution in [2.75, 3.05) is 18.5 Å². The second-order valence-electron chi connectivity index (χ2n) is 10.2. The molecular formula is C29H29N3O10S. The maximum Gasteiger partial charge on any atom is 0.340 e. The summed E-state index contributed by atoms with van der Waals surface area (Å²) >= 11 is 0. The molecule has 1 saturated carbocycles. The van der Waals surface area contributed by atoms with Crippen molar-refractivity contribution in [3.63, 3.8) is 0 Å². The smallest absolute Gasteiger partial charge is 0.340 e. The van der Waals surface area contributed by atoms with Crippen LogP contribution in [0.25, 0.3) is 0 Å². The molecule has 226 valence electrons. The summed E-state index contributed by atoms with van der Waals surface area (Å²) in [6, 6.07) is 11.2. The van der Waals surface area contributed by atoms with Crippen LogP contribution in [0.5, 0.6) is 11.6 Å². The van der Waals surface area contributed by atoms with Crippen molar-refractivity contribution >= 4 is 33.6 Å². The van der Waals surface area contributed by atoms with E-state index in [1.54, 1.807) is 19.1 Å². The van der Waals surface area contributed by atoms with E-state index in [1.807, 2.05) is 0 Å². The van der Waals surface area contributed by atoms with Crippen LogP contribution in [0.4, 0.5) is 5.95 Å². The molecule has 14 heteroatoms. The van der Waals surface area contributed by atoms with Crippen LogP contribution in [0.3, 0.4) is 0 Å². The lowest BCUT2D eigenvalue weighted by atomic mass is 10.1. The van der Waals surface area contributed by atoms with Gasteiger partial charge >= 0.3 is 11.9 Å². The van der Waals surface area contributed by atoms with Gasteiger partial charge in [-0.15, -0.1) is 0 Å². The van der Waals surface area contributed by atoms with Crippen molar-refractivity contribution < 1.29 is 47.2 Å². The van der Waals surface area contributed by atoms with Gasteiger partial charge < -0.3 is 24.4 Å². The van der Waals surface area contributed by atoms with E-state index in [1.165, 1.54) is 30.3 Å². The average Bonchev–Trinajstić information content (AvgIpc) is 3.82. The van der Waals surface area contributed by atoms with Gasteiger partial charge in [-0.1, -0.05) is 18.2 Å². The molecule has 2 fully saturated rings. The Kier molecular flexibility index (Phi) is 8.71. The lowest BCUT2D eigenvalue weighted by molar-refractivity contribution is -0.136. The number of aromatic nitrogens is 2. The highest BCUT2D eigenvalue weighted by Crippen LogP contribution is 2.34. The Balaban J connectivity index is 1.40. The van der Waals surface area contributed by atoms with E-state index in [0.29, 0.717) is 50.2 Å². The zero-order valence-electron chi connectivity index (χ0n) is 23.1. The first-order chi connectivity index (χ1) is 20.5. The minimum Gasteiger partial charge on any atom is -0.478 e. The molecular weight excluding hydrogens is 582 g/mol. The number of rotatable bonds is 11. The molecule has 2 heterocycles. The number of aromatic carboxylic acids is 2. The molecule has 3 N–H and O–H groups in total. The molecule has 1 aromatic heterocycles. The summed E-state index contributed by atoms with van der Waals surface area (Å²) in [5.74, 6) is -4.13. The number of sulfone groups is 1. The Hall–Kier alpha value is -4.40. The third-order valence-corrected chi connectivity index (χ3v) is 9.24. The third kappa shape index (κ3) is 6.98. The van der Waals surface area contributed by atoms with E-state index >= 15 is 0 Å². The van der Waals surface area contributed by atoms with Crippen molar-refractivity contribution in [3.8, 4) is 11.6 Å². The quantitative estimate of drug-likeness (QED) is 0.285. The van der Waals surface area contributed by atoms with Crippen molar-refractivity contribution in [2.45, 2.75) is 55.0 Å². The number of benzene rings is 2. The van der Waals surface area contributed by atoms with Crippen LogP contribution in [-0.4, -0.2) is 71.0 Å². The number of anilines is 1. The zero-order valence-corrected chi connectivity index (χ0v) is 23.9. The summed E-state index contributed by atoms with van der Waals surface area (Å²) in [5.41, 5.74) is -0.232. The highest BCUT2D eigenvalue weighted by atomic mass is 32.2. The number of ether oxygens (including phenoxy) is 3. The molecule has 2 aromatic carbocycles. The number of nitrogens with zero attached hydrogens (tertiary/aromatic N) is 2. The molecule has 1 saturated heterocycles. The van der Waals surface area contributed by atoms with Crippen molar-refractivity contribution in [1.29, 1.82) is 0 Å². The van der Waals surface area contributed by atoms with Gasteiger partial charge in [0, 0.05) is 25.0 Å². The van der Waals surface area contributed by atoms with Crippen LogP contribution in [0.2, 0.25) is 0 Å². The van der Waals surface area contributed by atoms with E-state index in [-0.39, 0.29) is 33.8 Å². The first-order valence-corrected chi connectivity index (χ1v) is 15.1. The van der Waals surface area contributed by atoms with E-state index in [2.05, 4.69) is 15.3 Å². The molecule has 1 aliphatic heterocycles. The Morgan fingerprint density at radius 3 is 2.30 bits per heavy atom. The summed E-state index contributed by atoms with van der Waals surface area (Å²) in [5, 5.41) is 21.2. The minimum atomic E-state index is -3.42. The number of hydrogen-bond acceptors (Lipinski definition) is 10. The molecule has 5 rings (SSSR count). The Morgan fingerprint density at radius 1 is 0.977 bits per heavy atom. The second-order valence-corrected chi connectivity index (χ2v) is 12.4. The lowest BCUT2D eigenvalue weighted by Gasteiger charge is -2.27. The molecule has 0 bridgehead atoms. The predicted molar refractivity (Wildman–Crippen MR) is 150 cm³/mol. The number of carbonyl (C=O) groups excluding carboxylic acids is 1. The Labute approximate surface area is 246 Å². The van der Waals surface area contributed by atoms with Gasteiger partial charge in [-0.2, -0.15) is 4.98 Å². The maximum absolute atomic E-state index is 13.6. The molecule has 2 aliphatic rings. The summed E-state index contributed by atoms with van der Waals surface area (Å²) < 4.78 is 42.5. The number of amides is 1. The summed E-state index contributed by atoms with van der Waals surface area (Å²) in [6.07, 6.45) is 0.975. The van der Waals surface area contributed by atoms with E-state index < -0.39 is 44.9 Å². The fraction of sp³-hybridized carbons (Fsp3) is 0.345. The molecule has 1 atom stereocenters. The van der Waals surface area contributed by atoms with Gasteiger partial charge in [0.15, 0.2) is 15.9 Å². The van der Waals surface area contributed by atoms with Crippen LogP contribution in [0.15, 0.2) is 53.4 Å². The van der Waals surface area contributed by atoms with Gasteiger partial charge in [0.1, 0.15) is 11.3 Å². The Morgan fingerprint density at radius 2 is 1.67 bits per heavy atom. The molecule has 13 nitrogen and oxygen atoms in total. The molecule has 43 heavy (non-hydrogen) atoms. The summed E-state index contributed by atoms with van der Waals surface area (Å²) in [7, 11) is -3.42. The first-order valence-electron chi connectivity index (χ1n) is 13.5.